The number of guanidine groups is 1. The van der Waals surface area contributed by atoms with Crippen molar-refractivity contribution in [3.63, 3.8) is 0 Å². The van der Waals surface area contributed by atoms with Crippen molar-refractivity contribution >= 4 is 11.9 Å². The summed E-state index contributed by atoms with van der Waals surface area (Å²) in [4.78, 5) is 23.1. The van der Waals surface area contributed by atoms with Gasteiger partial charge in [-0.25, -0.2) is 4.99 Å². The summed E-state index contributed by atoms with van der Waals surface area (Å²) in [6, 6.07) is 4.51. The van der Waals surface area contributed by atoms with Gasteiger partial charge in [0.1, 0.15) is 6.54 Å². The second kappa shape index (κ2) is 7.87. The van der Waals surface area contributed by atoms with Crippen LogP contribution in [0.25, 0.3) is 0 Å². The third kappa shape index (κ3) is 4.79. The summed E-state index contributed by atoms with van der Waals surface area (Å²) in [7, 11) is 5.51. The van der Waals surface area contributed by atoms with Crippen LogP contribution in [0.5, 0.6) is 0 Å². The van der Waals surface area contributed by atoms with Crippen LogP contribution in [-0.4, -0.2) is 60.4 Å². The highest BCUT2D eigenvalue weighted by Gasteiger charge is 2.18. The Balaban J connectivity index is 2.01. The van der Waals surface area contributed by atoms with Gasteiger partial charge in [-0.05, 0) is 25.0 Å². The van der Waals surface area contributed by atoms with E-state index in [1.807, 2.05) is 19.3 Å². The number of hydrogen-bond acceptors (Lipinski definition) is 2. The van der Waals surface area contributed by atoms with Gasteiger partial charge in [-0.1, -0.05) is 12.8 Å². The van der Waals surface area contributed by atoms with E-state index in [4.69, 9.17) is 0 Å². The van der Waals surface area contributed by atoms with Gasteiger partial charge in [-0.3, -0.25) is 4.79 Å². The molecule has 1 aliphatic carbocycles. The Morgan fingerprint density at radius 2 is 2.09 bits per heavy atom. The van der Waals surface area contributed by atoms with Gasteiger partial charge in [0.05, 0.1) is 6.54 Å². The summed E-state index contributed by atoms with van der Waals surface area (Å²) in [5, 5.41) is 3.51. The molecule has 0 aliphatic heterocycles. The van der Waals surface area contributed by atoms with Crippen LogP contribution in [0.1, 0.15) is 31.4 Å². The first-order valence-corrected chi connectivity index (χ1v) is 7.91. The Hall–Kier alpha value is -1.98. The van der Waals surface area contributed by atoms with E-state index in [1.54, 1.807) is 19.0 Å². The van der Waals surface area contributed by atoms with E-state index in [2.05, 4.69) is 26.3 Å². The molecule has 2 N–H and O–H groups in total. The fourth-order valence-electron chi connectivity index (χ4n) is 2.61. The van der Waals surface area contributed by atoms with E-state index in [-0.39, 0.29) is 12.5 Å². The lowest BCUT2D eigenvalue weighted by Gasteiger charge is -2.25. The molecule has 0 atom stereocenters. The summed E-state index contributed by atoms with van der Waals surface area (Å²) in [6.07, 6.45) is 6.80. The Labute approximate surface area is 132 Å². The molecule has 0 spiro atoms. The number of amides is 1. The zero-order valence-electron chi connectivity index (χ0n) is 13.8. The predicted molar refractivity (Wildman–Crippen MR) is 88.6 cm³/mol. The zero-order valence-corrected chi connectivity index (χ0v) is 13.8. The lowest BCUT2D eigenvalue weighted by atomic mass is 10.2. The lowest BCUT2D eigenvalue weighted by molar-refractivity contribution is -0.127. The van der Waals surface area contributed by atoms with Gasteiger partial charge < -0.3 is 20.1 Å². The van der Waals surface area contributed by atoms with Crippen LogP contribution >= 0.6 is 0 Å². The fourth-order valence-corrected chi connectivity index (χ4v) is 2.61. The maximum absolute atomic E-state index is 11.8. The molecule has 6 nitrogen and oxygen atoms in total. The van der Waals surface area contributed by atoms with Crippen molar-refractivity contribution in [2.45, 2.75) is 38.3 Å². The monoisotopic (exact) mass is 305 g/mol. The topological polar surface area (TPSA) is 63.7 Å². The molecular formula is C16H27N5O. The Morgan fingerprint density at radius 1 is 1.36 bits per heavy atom. The van der Waals surface area contributed by atoms with Gasteiger partial charge in [-0.2, -0.15) is 0 Å². The number of hydrogen-bond donors (Lipinski definition) is 2. The summed E-state index contributed by atoms with van der Waals surface area (Å²) in [5.41, 5.74) is 1.13. The van der Waals surface area contributed by atoms with Crippen LogP contribution < -0.4 is 5.32 Å². The highest BCUT2D eigenvalue weighted by molar-refractivity contribution is 5.84. The normalized spacial score (nSPS) is 15.9. The summed E-state index contributed by atoms with van der Waals surface area (Å²) >= 11 is 0. The van der Waals surface area contributed by atoms with Crippen LogP contribution in [0, 0.1) is 0 Å². The fraction of sp³-hybridized carbons (Fsp3) is 0.625. The average Bonchev–Trinajstić information content (AvgIpc) is 3.15. The molecule has 6 heteroatoms. The first kappa shape index (κ1) is 16.4. The number of H-pyrrole nitrogens is 1. The minimum absolute atomic E-state index is 0.0130. The predicted octanol–water partition coefficient (Wildman–Crippen LogP) is 1.42. The summed E-state index contributed by atoms with van der Waals surface area (Å²) in [5.74, 6) is 0.815. The number of likely N-dealkylation sites (N-methyl/N-ethyl adjacent to an activating group) is 1. The molecule has 0 aromatic carbocycles. The summed E-state index contributed by atoms with van der Waals surface area (Å²) < 4.78 is 0. The number of carbonyl (C=O) groups is 1. The van der Waals surface area contributed by atoms with E-state index in [0.717, 1.165) is 18.2 Å². The number of nitrogens with one attached hydrogen (secondary N) is 2. The molecule has 0 unspecified atom stereocenters. The average molecular weight is 305 g/mol. The first-order chi connectivity index (χ1) is 10.6. The molecule has 0 bridgehead atoms. The highest BCUT2D eigenvalue weighted by atomic mass is 16.2. The molecule has 0 saturated heterocycles. The Morgan fingerprint density at radius 3 is 2.68 bits per heavy atom. The van der Waals surface area contributed by atoms with Gasteiger partial charge >= 0.3 is 0 Å². The standard InChI is InChI=1S/C16H27N5O/c1-20(2)15(22)11-18-16(19-13-7-4-5-8-13)21(3)12-14-9-6-10-17-14/h6,9-10,13,17H,4-5,7-8,11-12H2,1-3H3,(H,18,19). The molecule has 1 amide bonds. The van der Waals surface area contributed by atoms with E-state index in [0.29, 0.717) is 6.04 Å². The van der Waals surface area contributed by atoms with Crippen molar-refractivity contribution < 1.29 is 4.79 Å². The van der Waals surface area contributed by atoms with E-state index in [9.17, 15) is 4.79 Å². The van der Waals surface area contributed by atoms with Crippen molar-refractivity contribution in [3.8, 4) is 0 Å². The minimum Gasteiger partial charge on any atom is -0.364 e. The lowest BCUT2D eigenvalue weighted by Crippen LogP contribution is -2.43. The van der Waals surface area contributed by atoms with E-state index < -0.39 is 0 Å². The number of carbonyl (C=O) groups excluding carboxylic acids is 1. The molecule has 0 radical (unpaired) electrons. The molecule has 1 heterocycles. The first-order valence-electron chi connectivity index (χ1n) is 7.91. The number of aromatic nitrogens is 1. The molecule has 1 aliphatic rings. The van der Waals surface area contributed by atoms with E-state index in [1.165, 1.54) is 25.7 Å². The van der Waals surface area contributed by atoms with Crippen molar-refractivity contribution in [2.24, 2.45) is 4.99 Å². The summed E-state index contributed by atoms with van der Waals surface area (Å²) in [6.45, 7) is 0.916. The largest absolute Gasteiger partial charge is 0.364 e. The maximum Gasteiger partial charge on any atom is 0.243 e. The highest BCUT2D eigenvalue weighted by Crippen LogP contribution is 2.18. The Bertz CT molecular complexity index is 489. The minimum atomic E-state index is 0.0130. The second-order valence-corrected chi connectivity index (χ2v) is 6.11. The number of rotatable bonds is 5. The second-order valence-electron chi connectivity index (χ2n) is 6.11. The maximum atomic E-state index is 11.8. The zero-order chi connectivity index (χ0) is 15.9. The molecule has 2 rings (SSSR count). The van der Waals surface area contributed by atoms with Crippen molar-refractivity contribution in [1.29, 1.82) is 0 Å². The number of aromatic amines is 1. The van der Waals surface area contributed by atoms with Crippen LogP contribution in [-0.2, 0) is 11.3 Å². The smallest absolute Gasteiger partial charge is 0.243 e. The molecule has 1 aromatic rings. The molecule has 22 heavy (non-hydrogen) atoms. The van der Waals surface area contributed by atoms with Gasteiger partial charge in [0.15, 0.2) is 5.96 Å². The van der Waals surface area contributed by atoms with Crippen LogP contribution in [0.4, 0.5) is 0 Å². The van der Waals surface area contributed by atoms with Crippen LogP contribution in [0.15, 0.2) is 23.3 Å². The van der Waals surface area contributed by atoms with Gasteiger partial charge in [-0.15, -0.1) is 0 Å². The van der Waals surface area contributed by atoms with Crippen molar-refractivity contribution in [3.05, 3.63) is 24.0 Å². The van der Waals surface area contributed by atoms with E-state index >= 15 is 0 Å². The van der Waals surface area contributed by atoms with Gasteiger partial charge in [0.2, 0.25) is 5.91 Å². The number of nitrogens with zero attached hydrogens (tertiary/aromatic N) is 3. The molecule has 122 valence electrons. The SMILES string of the molecule is CN(C)C(=O)CN=C(NC1CCCC1)N(C)Cc1ccc[nH]1. The van der Waals surface area contributed by atoms with Crippen LogP contribution in [0.2, 0.25) is 0 Å². The van der Waals surface area contributed by atoms with Gasteiger partial charge in [0.25, 0.3) is 0 Å². The molecular weight excluding hydrogens is 278 g/mol. The number of aliphatic imine (C=N–C) groups is 1. The molecule has 1 saturated carbocycles. The van der Waals surface area contributed by atoms with Crippen molar-refractivity contribution in [2.75, 3.05) is 27.7 Å². The quantitative estimate of drug-likeness (QED) is 0.639. The van der Waals surface area contributed by atoms with Crippen LogP contribution in [0.3, 0.4) is 0 Å². The third-order valence-corrected chi connectivity index (χ3v) is 3.98. The Kier molecular flexibility index (Phi) is 5.86. The molecule has 1 aromatic heterocycles. The molecule has 1 fully saturated rings. The third-order valence-electron chi connectivity index (χ3n) is 3.98. The van der Waals surface area contributed by atoms with Gasteiger partial charge in [0, 0.05) is 39.1 Å². The van der Waals surface area contributed by atoms with Crippen molar-refractivity contribution in [1.82, 2.24) is 20.1 Å².